The second-order valence-electron chi connectivity index (χ2n) is 4.13. The molecule has 3 N–H and O–H groups in total. The Labute approximate surface area is 111 Å². The summed E-state index contributed by atoms with van der Waals surface area (Å²) in [6.45, 7) is 2.30. The Balaban J connectivity index is 2.11. The zero-order valence-corrected chi connectivity index (χ0v) is 10.7. The van der Waals surface area contributed by atoms with Crippen LogP contribution in [0.3, 0.4) is 0 Å². The zero-order chi connectivity index (χ0) is 13.1. The molecule has 3 nitrogen and oxygen atoms in total. The maximum atomic E-state index is 9.67. The largest absolute Gasteiger partial charge is 0.508 e. The number of nitrogens with one attached hydrogen (secondary N) is 1. The van der Waals surface area contributed by atoms with Gasteiger partial charge in [0.15, 0.2) is 0 Å². The molecule has 0 radical (unpaired) electrons. The van der Waals surface area contributed by atoms with Gasteiger partial charge < -0.3 is 15.5 Å². The van der Waals surface area contributed by atoms with Gasteiger partial charge in [0.1, 0.15) is 11.5 Å². The van der Waals surface area contributed by atoms with E-state index in [0.717, 1.165) is 16.8 Å². The molecule has 94 valence electrons. The number of rotatable bonds is 3. The summed E-state index contributed by atoms with van der Waals surface area (Å²) in [7, 11) is 0. The summed E-state index contributed by atoms with van der Waals surface area (Å²) < 4.78 is 0. The monoisotopic (exact) mass is 263 g/mol. The van der Waals surface area contributed by atoms with E-state index in [1.54, 1.807) is 30.3 Å². The predicted octanol–water partition coefficient (Wildman–Crippen LogP) is 3.67. The van der Waals surface area contributed by atoms with Gasteiger partial charge in [-0.2, -0.15) is 0 Å². The van der Waals surface area contributed by atoms with Crippen molar-refractivity contribution in [2.75, 3.05) is 5.32 Å². The highest BCUT2D eigenvalue weighted by Gasteiger charge is 2.03. The minimum Gasteiger partial charge on any atom is -0.508 e. The molecule has 0 heterocycles. The number of hydrogen-bond acceptors (Lipinski definition) is 3. The predicted molar refractivity (Wildman–Crippen MR) is 73.3 cm³/mol. The number of phenolic OH excluding ortho intramolecular Hbond substituents is 2. The fourth-order valence-corrected chi connectivity index (χ4v) is 1.85. The lowest BCUT2D eigenvalue weighted by Crippen LogP contribution is -1.99. The SMILES string of the molecule is Cc1cc(NCc2cc(Cl)ccc2O)ccc1O. The molecule has 4 heteroatoms. The summed E-state index contributed by atoms with van der Waals surface area (Å²) in [6.07, 6.45) is 0. The second kappa shape index (κ2) is 5.19. The number of benzene rings is 2. The van der Waals surface area contributed by atoms with Gasteiger partial charge >= 0.3 is 0 Å². The molecule has 18 heavy (non-hydrogen) atoms. The van der Waals surface area contributed by atoms with Crippen molar-refractivity contribution in [1.29, 1.82) is 0 Å². The van der Waals surface area contributed by atoms with E-state index in [-0.39, 0.29) is 11.5 Å². The Hall–Kier alpha value is -1.87. The van der Waals surface area contributed by atoms with Crippen molar-refractivity contribution in [3.8, 4) is 11.5 Å². The molecule has 2 aromatic rings. The van der Waals surface area contributed by atoms with Gasteiger partial charge in [-0.3, -0.25) is 0 Å². The van der Waals surface area contributed by atoms with Crippen molar-refractivity contribution in [3.05, 3.63) is 52.5 Å². The molecule has 0 atom stereocenters. The molecule has 0 aliphatic rings. The van der Waals surface area contributed by atoms with Crippen LogP contribution < -0.4 is 5.32 Å². The van der Waals surface area contributed by atoms with E-state index in [0.29, 0.717) is 11.6 Å². The summed E-state index contributed by atoms with van der Waals surface area (Å²) in [5, 5.41) is 22.9. The van der Waals surface area contributed by atoms with Crippen molar-refractivity contribution < 1.29 is 10.2 Å². The summed E-state index contributed by atoms with van der Waals surface area (Å²) >= 11 is 5.87. The van der Waals surface area contributed by atoms with Crippen LogP contribution in [0.4, 0.5) is 5.69 Å². The lowest BCUT2D eigenvalue weighted by Gasteiger charge is -2.09. The molecule has 0 fully saturated rings. The maximum absolute atomic E-state index is 9.67. The Morgan fingerprint density at radius 1 is 1.06 bits per heavy atom. The van der Waals surface area contributed by atoms with Crippen LogP contribution in [0.15, 0.2) is 36.4 Å². The molecule has 2 rings (SSSR count). The quantitative estimate of drug-likeness (QED) is 0.741. The third-order valence-corrected chi connectivity index (χ3v) is 2.96. The third-order valence-electron chi connectivity index (χ3n) is 2.72. The van der Waals surface area contributed by atoms with Gasteiger partial charge in [0.25, 0.3) is 0 Å². The van der Waals surface area contributed by atoms with Crippen molar-refractivity contribution in [2.45, 2.75) is 13.5 Å². The van der Waals surface area contributed by atoms with Gasteiger partial charge in [-0.15, -0.1) is 0 Å². The minimum absolute atomic E-state index is 0.211. The van der Waals surface area contributed by atoms with E-state index < -0.39 is 0 Å². The van der Waals surface area contributed by atoms with E-state index in [1.165, 1.54) is 0 Å². The van der Waals surface area contributed by atoms with Crippen LogP contribution in [0.5, 0.6) is 11.5 Å². The molecule has 0 aliphatic carbocycles. The first-order valence-corrected chi connectivity index (χ1v) is 5.95. The number of halogens is 1. The van der Waals surface area contributed by atoms with Gasteiger partial charge in [-0.05, 0) is 48.9 Å². The highest BCUT2D eigenvalue weighted by molar-refractivity contribution is 6.30. The second-order valence-corrected chi connectivity index (χ2v) is 4.56. The van der Waals surface area contributed by atoms with Gasteiger partial charge in [0.2, 0.25) is 0 Å². The number of phenols is 2. The summed E-state index contributed by atoms with van der Waals surface area (Å²) in [5.74, 6) is 0.480. The van der Waals surface area contributed by atoms with Crippen LogP contribution in [0.1, 0.15) is 11.1 Å². The number of anilines is 1. The molecule has 0 aliphatic heterocycles. The minimum atomic E-state index is 0.211. The smallest absolute Gasteiger partial charge is 0.120 e. The fraction of sp³-hybridized carbons (Fsp3) is 0.143. The van der Waals surface area contributed by atoms with E-state index in [1.807, 2.05) is 13.0 Å². The molecule has 0 spiro atoms. The van der Waals surface area contributed by atoms with E-state index in [2.05, 4.69) is 5.32 Å². The molecule has 0 saturated carbocycles. The van der Waals surface area contributed by atoms with Gasteiger partial charge in [-0.1, -0.05) is 11.6 Å². The first-order chi connectivity index (χ1) is 8.56. The number of hydrogen-bond donors (Lipinski definition) is 3. The first-order valence-electron chi connectivity index (χ1n) is 5.57. The van der Waals surface area contributed by atoms with Crippen LogP contribution >= 0.6 is 11.6 Å². The van der Waals surface area contributed by atoms with Crippen LogP contribution in [0, 0.1) is 6.92 Å². The van der Waals surface area contributed by atoms with Crippen molar-refractivity contribution in [2.24, 2.45) is 0 Å². The molecule has 0 unspecified atom stereocenters. The normalized spacial score (nSPS) is 10.3. The lowest BCUT2D eigenvalue weighted by molar-refractivity contribution is 0.468. The fourth-order valence-electron chi connectivity index (χ4n) is 1.66. The molecule has 0 aromatic heterocycles. The highest BCUT2D eigenvalue weighted by Crippen LogP contribution is 2.24. The average molecular weight is 264 g/mol. The molecule has 0 saturated heterocycles. The Bertz CT molecular complexity index is 570. The summed E-state index contributed by atoms with van der Waals surface area (Å²) in [4.78, 5) is 0. The van der Waals surface area contributed by atoms with Crippen molar-refractivity contribution in [3.63, 3.8) is 0 Å². The summed E-state index contributed by atoms with van der Waals surface area (Å²) in [6, 6.07) is 10.2. The Morgan fingerprint density at radius 2 is 1.78 bits per heavy atom. The molecule has 0 amide bonds. The Kier molecular flexibility index (Phi) is 3.63. The summed E-state index contributed by atoms with van der Waals surface area (Å²) in [5.41, 5.74) is 2.41. The highest BCUT2D eigenvalue weighted by atomic mass is 35.5. The molecular weight excluding hydrogens is 250 g/mol. The van der Waals surface area contributed by atoms with Crippen LogP contribution in [-0.2, 0) is 6.54 Å². The van der Waals surface area contributed by atoms with Crippen LogP contribution in [0.2, 0.25) is 5.02 Å². The van der Waals surface area contributed by atoms with E-state index in [4.69, 9.17) is 11.6 Å². The number of aromatic hydroxyl groups is 2. The van der Waals surface area contributed by atoms with Gasteiger partial charge in [0.05, 0.1) is 0 Å². The van der Waals surface area contributed by atoms with Crippen LogP contribution in [-0.4, -0.2) is 10.2 Å². The average Bonchev–Trinajstić information content (AvgIpc) is 2.34. The molecule has 0 bridgehead atoms. The van der Waals surface area contributed by atoms with Gasteiger partial charge in [0, 0.05) is 22.8 Å². The maximum Gasteiger partial charge on any atom is 0.120 e. The molecule has 2 aromatic carbocycles. The van der Waals surface area contributed by atoms with E-state index >= 15 is 0 Å². The number of aryl methyl sites for hydroxylation is 1. The zero-order valence-electron chi connectivity index (χ0n) is 9.94. The third kappa shape index (κ3) is 2.87. The molecular formula is C14H14ClNO2. The lowest BCUT2D eigenvalue weighted by atomic mass is 10.1. The Morgan fingerprint density at radius 3 is 2.50 bits per heavy atom. The standard InChI is InChI=1S/C14H14ClNO2/c1-9-6-12(3-5-13(9)17)16-8-10-7-11(15)2-4-14(10)18/h2-7,16-18H,8H2,1H3. The topological polar surface area (TPSA) is 52.5 Å². The van der Waals surface area contributed by atoms with E-state index in [9.17, 15) is 10.2 Å². The first kappa shape index (κ1) is 12.6. The van der Waals surface area contributed by atoms with Crippen molar-refractivity contribution in [1.82, 2.24) is 0 Å². The van der Waals surface area contributed by atoms with Gasteiger partial charge in [-0.25, -0.2) is 0 Å². The van der Waals surface area contributed by atoms with Crippen LogP contribution in [0.25, 0.3) is 0 Å². The van der Waals surface area contributed by atoms with Crippen molar-refractivity contribution >= 4 is 17.3 Å².